The number of hydrogen-bond donors (Lipinski definition) is 2. The van der Waals surface area contributed by atoms with Gasteiger partial charge < -0.3 is 20.3 Å². The van der Waals surface area contributed by atoms with Crippen LogP contribution in [0.3, 0.4) is 0 Å². The highest BCUT2D eigenvalue weighted by Crippen LogP contribution is 2.41. The van der Waals surface area contributed by atoms with Crippen molar-refractivity contribution in [3.63, 3.8) is 0 Å². The molecule has 0 saturated heterocycles. The summed E-state index contributed by atoms with van der Waals surface area (Å²) in [5.41, 5.74) is 2.12. The Bertz CT molecular complexity index is 973. The standard InChI is InChI=1S/C18H18N4O5S/c1-2-27-18(24)21-7-6-12-13(9-21)28-17-14(12)16(23)19-15(20-17)10-4-3-5-11(8-10)22(25)26/h3-5,8,15,20H,2,6-7,9H2,1H3,(H,19,23). The van der Waals surface area contributed by atoms with Crippen LogP contribution in [0, 0.1) is 10.1 Å². The van der Waals surface area contributed by atoms with Crippen molar-refractivity contribution in [2.24, 2.45) is 0 Å². The van der Waals surface area contributed by atoms with E-state index in [0.717, 1.165) is 15.4 Å². The number of nitrogens with zero attached hydrogens (tertiary/aromatic N) is 2. The molecule has 2 aliphatic heterocycles. The summed E-state index contributed by atoms with van der Waals surface area (Å²) in [7, 11) is 0. The second kappa shape index (κ2) is 7.12. The van der Waals surface area contributed by atoms with E-state index >= 15 is 0 Å². The number of ether oxygens (including phenoxy) is 1. The third-order valence-corrected chi connectivity index (χ3v) is 5.92. The van der Waals surface area contributed by atoms with Crippen LogP contribution in [0.25, 0.3) is 0 Å². The van der Waals surface area contributed by atoms with Crippen LogP contribution in [-0.2, 0) is 17.7 Å². The van der Waals surface area contributed by atoms with Gasteiger partial charge in [0.25, 0.3) is 11.6 Å². The Morgan fingerprint density at radius 1 is 1.43 bits per heavy atom. The fraction of sp³-hybridized carbons (Fsp3) is 0.333. The van der Waals surface area contributed by atoms with Crippen molar-refractivity contribution < 1.29 is 19.2 Å². The summed E-state index contributed by atoms with van der Waals surface area (Å²) in [5, 5.41) is 17.9. The van der Waals surface area contributed by atoms with E-state index in [2.05, 4.69) is 10.6 Å². The number of nitro groups is 1. The molecule has 2 aliphatic rings. The van der Waals surface area contributed by atoms with Gasteiger partial charge in [-0.05, 0) is 18.9 Å². The van der Waals surface area contributed by atoms with Crippen LogP contribution in [0.2, 0.25) is 0 Å². The Morgan fingerprint density at radius 3 is 3.00 bits per heavy atom. The summed E-state index contributed by atoms with van der Waals surface area (Å²) >= 11 is 1.43. The normalized spacial score (nSPS) is 17.8. The van der Waals surface area contributed by atoms with Crippen LogP contribution in [0.5, 0.6) is 0 Å². The van der Waals surface area contributed by atoms with Crippen molar-refractivity contribution >= 4 is 34.0 Å². The number of carbonyl (C=O) groups excluding carboxylic acids is 2. The lowest BCUT2D eigenvalue weighted by Gasteiger charge is -2.28. The molecule has 1 unspecified atom stereocenters. The van der Waals surface area contributed by atoms with E-state index in [9.17, 15) is 19.7 Å². The van der Waals surface area contributed by atoms with Crippen LogP contribution >= 0.6 is 11.3 Å². The Labute approximate surface area is 164 Å². The minimum Gasteiger partial charge on any atom is -0.450 e. The summed E-state index contributed by atoms with van der Waals surface area (Å²) in [6.07, 6.45) is -0.330. The fourth-order valence-electron chi connectivity index (χ4n) is 3.47. The van der Waals surface area contributed by atoms with Gasteiger partial charge in [-0.15, -0.1) is 11.3 Å². The third-order valence-electron chi connectivity index (χ3n) is 4.78. The van der Waals surface area contributed by atoms with Crippen molar-refractivity contribution in [1.29, 1.82) is 0 Å². The Hall–Kier alpha value is -3.14. The number of amides is 2. The maximum atomic E-state index is 12.8. The van der Waals surface area contributed by atoms with Gasteiger partial charge in [-0.25, -0.2) is 4.79 Å². The fourth-order valence-corrected chi connectivity index (χ4v) is 4.76. The van der Waals surface area contributed by atoms with Crippen molar-refractivity contribution in [3.05, 3.63) is 55.9 Å². The minimum absolute atomic E-state index is 0.0325. The highest BCUT2D eigenvalue weighted by molar-refractivity contribution is 7.16. The molecule has 0 spiro atoms. The maximum absolute atomic E-state index is 12.8. The topological polar surface area (TPSA) is 114 Å². The smallest absolute Gasteiger partial charge is 0.410 e. The second-order valence-corrected chi connectivity index (χ2v) is 7.59. The Kier molecular flexibility index (Phi) is 4.63. The quantitative estimate of drug-likeness (QED) is 0.603. The molecule has 0 fully saturated rings. The number of hydrogen-bond acceptors (Lipinski definition) is 7. The molecule has 2 aromatic rings. The number of anilines is 1. The summed E-state index contributed by atoms with van der Waals surface area (Å²) in [6, 6.07) is 6.17. The van der Waals surface area contributed by atoms with Crippen molar-refractivity contribution in [2.75, 3.05) is 18.5 Å². The zero-order valence-corrected chi connectivity index (χ0v) is 15.9. The molecule has 1 aromatic heterocycles. The van der Waals surface area contributed by atoms with Gasteiger partial charge in [0.1, 0.15) is 11.2 Å². The van der Waals surface area contributed by atoms with Crippen molar-refractivity contribution in [2.45, 2.75) is 26.1 Å². The highest BCUT2D eigenvalue weighted by Gasteiger charge is 2.34. The zero-order valence-electron chi connectivity index (χ0n) is 15.1. The maximum Gasteiger partial charge on any atom is 0.410 e. The van der Waals surface area contributed by atoms with Crippen LogP contribution < -0.4 is 10.6 Å². The highest BCUT2D eigenvalue weighted by atomic mass is 32.1. The summed E-state index contributed by atoms with van der Waals surface area (Å²) < 4.78 is 5.07. The Balaban J connectivity index is 1.60. The number of rotatable bonds is 3. The molecule has 9 nitrogen and oxygen atoms in total. The van der Waals surface area contributed by atoms with Gasteiger partial charge in [0.2, 0.25) is 0 Å². The van der Waals surface area contributed by atoms with Gasteiger partial charge in [0, 0.05) is 29.1 Å². The van der Waals surface area contributed by atoms with E-state index in [1.807, 2.05) is 0 Å². The molecule has 2 N–H and O–H groups in total. The molecule has 0 saturated carbocycles. The first-order valence-corrected chi connectivity index (χ1v) is 9.67. The molecule has 2 amide bonds. The number of non-ortho nitro benzene ring substituents is 1. The molecule has 0 bridgehead atoms. The van der Waals surface area contributed by atoms with E-state index in [0.29, 0.717) is 37.2 Å². The molecule has 10 heteroatoms. The lowest BCUT2D eigenvalue weighted by atomic mass is 10.0. The molecule has 1 atom stereocenters. The van der Waals surface area contributed by atoms with E-state index in [1.165, 1.54) is 23.5 Å². The average molecular weight is 402 g/mol. The van der Waals surface area contributed by atoms with Gasteiger partial charge in [-0.3, -0.25) is 14.9 Å². The van der Waals surface area contributed by atoms with Crippen LogP contribution in [0.15, 0.2) is 24.3 Å². The van der Waals surface area contributed by atoms with Gasteiger partial charge in [-0.2, -0.15) is 0 Å². The third kappa shape index (κ3) is 3.15. The summed E-state index contributed by atoms with van der Waals surface area (Å²) in [4.78, 5) is 37.9. The average Bonchev–Trinajstić information content (AvgIpc) is 3.06. The molecule has 1 aromatic carbocycles. The van der Waals surface area contributed by atoms with E-state index < -0.39 is 11.1 Å². The minimum atomic E-state index is -0.554. The Morgan fingerprint density at radius 2 is 2.25 bits per heavy atom. The second-order valence-electron chi connectivity index (χ2n) is 6.48. The van der Waals surface area contributed by atoms with Crippen LogP contribution in [0.1, 0.15) is 39.5 Å². The van der Waals surface area contributed by atoms with Crippen LogP contribution in [-0.4, -0.2) is 35.0 Å². The summed E-state index contributed by atoms with van der Waals surface area (Å²) in [5.74, 6) is -0.215. The number of fused-ring (bicyclic) bond motifs is 3. The zero-order chi connectivity index (χ0) is 19.8. The molecule has 4 rings (SSSR count). The predicted octanol–water partition coefficient (Wildman–Crippen LogP) is 3.03. The molecule has 28 heavy (non-hydrogen) atoms. The predicted molar refractivity (Wildman–Crippen MR) is 102 cm³/mol. The first-order valence-electron chi connectivity index (χ1n) is 8.86. The monoisotopic (exact) mass is 402 g/mol. The first-order chi connectivity index (χ1) is 13.5. The van der Waals surface area contributed by atoms with E-state index in [1.54, 1.807) is 24.0 Å². The van der Waals surface area contributed by atoms with Crippen molar-refractivity contribution in [1.82, 2.24) is 10.2 Å². The lowest BCUT2D eigenvalue weighted by Crippen LogP contribution is -2.39. The van der Waals surface area contributed by atoms with Crippen LogP contribution in [0.4, 0.5) is 15.5 Å². The first kappa shape index (κ1) is 18.2. The van der Waals surface area contributed by atoms with Gasteiger partial charge in [0.05, 0.1) is 23.6 Å². The molecule has 3 heterocycles. The largest absolute Gasteiger partial charge is 0.450 e. The molecule has 0 radical (unpaired) electrons. The van der Waals surface area contributed by atoms with Gasteiger partial charge >= 0.3 is 6.09 Å². The molecule has 146 valence electrons. The number of nitro benzene ring substituents is 1. The van der Waals surface area contributed by atoms with E-state index in [-0.39, 0.29) is 17.7 Å². The molecule has 0 aliphatic carbocycles. The molecular formula is C18H18N4O5S. The SMILES string of the molecule is CCOC(=O)N1CCc2c(sc3c2C(=O)NC(c2cccc([N+](=O)[O-])c2)N3)C1. The number of benzene rings is 1. The van der Waals surface area contributed by atoms with Crippen molar-refractivity contribution in [3.8, 4) is 0 Å². The summed E-state index contributed by atoms with van der Waals surface area (Å²) in [6.45, 7) is 2.98. The van der Waals surface area contributed by atoms with Gasteiger partial charge in [-0.1, -0.05) is 12.1 Å². The van der Waals surface area contributed by atoms with Gasteiger partial charge in [0.15, 0.2) is 0 Å². The lowest BCUT2D eigenvalue weighted by molar-refractivity contribution is -0.384. The number of nitrogens with one attached hydrogen (secondary N) is 2. The number of thiophene rings is 1. The molecular weight excluding hydrogens is 384 g/mol. The number of carbonyl (C=O) groups is 2. The van der Waals surface area contributed by atoms with E-state index in [4.69, 9.17) is 4.74 Å².